The SMILES string of the molecule is C1=C(c2cccnc2Oc2ccc(Nc3nc4ccccc4o3)cc2)CCOC1. The van der Waals surface area contributed by atoms with E-state index in [4.69, 9.17) is 13.9 Å². The molecule has 4 aromatic rings. The van der Waals surface area contributed by atoms with Crippen LogP contribution in [0.15, 0.2) is 77.4 Å². The van der Waals surface area contributed by atoms with Gasteiger partial charge in [-0.3, -0.25) is 0 Å². The van der Waals surface area contributed by atoms with Gasteiger partial charge in [-0.05, 0) is 60.5 Å². The molecule has 6 nitrogen and oxygen atoms in total. The summed E-state index contributed by atoms with van der Waals surface area (Å²) in [7, 11) is 0. The molecule has 0 atom stereocenters. The van der Waals surface area contributed by atoms with E-state index in [-0.39, 0.29) is 0 Å². The second-order valence-corrected chi connectivity index (χ2v) is 6.65. The summed E-state index contributed by atoms with van der Waals surface area (Å²) in [6.07, 6.45) is 4.68. The highest BCUT2D eigenvalue weighted by Gasteiger charge is 2.13. The minimum atomic E-state index is 0.457. The van der Waals surface area contributed by atoms with Crippen molar-refractivity contribution in [2.45, 2.75) is 6.42 Å². The van der Waals surface area contributed by atoms with Crippen molar-refractivity contribution < 1.29 is 13.9 Å². The maximum Gasteiger partial charge on any atom is 0.300 e. The number of ether oxygens (including phenoxy) is 2. The van der Waals surface area contributed by atoms with Gasteiger partial charge < -0.3 is 19.2 Å². The van der Waals surface area contributed by atoms with Crippen LogP contribution in [0.5, 0.6) is 11.6 Å². The minimum Gasteiger partial charge on any atom is -0.438 e. The van der Waals surface area contributed by atoms with Crippen LogP contribution in [0.2, 0.25) is 0 Å². The second kappa shape index (κ2) is 7.77. The lowest BCUT2D eigenvalue weighted by atomic mass is 10.0. The molecular formula is C23H19N3O3. The van der Waals surface area contributed by atoms with E-state index < -0.39 is 0 Å². The Kier molecular flexibility index (Phi) is 4.68. The number of pyridine rings is 1. The van der Waals surface area contributed by atoms with Crippen molar-refractivity contribution in [3.8, 4) is 11.6 Å². The number of fused-ring (bicyclic) bond motifs is 1. The Morgan fingerprint density at radius 3 is 2.69 bits per heavy atom. The molecule has 0 spiro atoms. The van der Waals surface area contributed by atoms with Crippen molar-refractivity contribution in [1.82, 2.24) is 9.97 Å². The van der Waals surface area contributed by atoms with E-state index in [2.05, 4.69) is 21.4 Å². The molecule has 1 aliphatic rings. The van der Waals surface area contributed by atoms with E-state index in [0.717, 1.165) is 35.4 Å². The standard InChI is InChI=1S/C23H19N3O3/c1-2-6-21-20(5-1)26-23(29-21)25-17-7-9-18(10-8-17)28-22-19(4-3-13-24-22)16-11-14-27-15-12-16/h1-11,13H,12,14-15H2,(H,25,26). The van der Waals surface area contributed by atoms with Gasteiger partial charge in [0.15, 0.2) is 5.58 Å². The Bertz CT molecular complexity index is 1130. The number of aromatic nitrogens is 2. The molecule has 0 saturated carbocycles. The summed E-state index contributed by atoms with van der Waals surface area (Å²) >= 11 is 0. The Labute approximate surface area is 167 Å². The number of para-hydroxylation sites is 2. The summed E-state index contributed by atoms with van der Waals surface area (Å²) in [5.41, 5.74) is 4.63. The first-order valence-corrected chi connectivity index (χ1v) is 9.48. The van der Waals surface area contributed by atoms with Gasteiger partial charge in [-0.25, -0.2) is 4.98 Å². The average Bonchev–Trinajstić information content (AvgIpc) is 3.18. The number of anilines is 2. The third-order valence-corrected chi connectivity index (χ3v) is 4.69. The van der Waals surface area contributed by atoms with Crippen LogP contribution >= 0.6 is 0 Å². The van der Waals surface area contributed by atoms with Crippen LogP contribution in [0, 0.1) is 0 Å². The zero-order chi connectivity index (χ0) is 19.5. The van der Waals surface area contributed by atoms with Crippen molar-refractivity contribution in [2.75, 3.05) is 18.5 Å². The number of nitrogens with one attached hydrogen (secondary N) is 1. The van der Waals surface area contributed by atoms with Crippen molar-refractivity contribution in [1.29, 1.82) is 0 Å². The smallest absolute Gasteiger partial charge is 0.300 e. The van der Waals surface area contributed by atoms with E-state index in [1.807, 2.05) is 60.7 Å². The molecule has 0 radical (unpaired) electrons. The Morgan fingerprint density at radius 1 is 0.966 bits per heavy atom. The first-order valence-electron chi connectivity index (χ1n) is 9.48. The molecule has 0 unspecified atom stereocenters. The Morgan fingerprint density at radius 2 is 1.86 bits per heavy atom. The highest BCUT2D eigenvalue weighted by atomic mass is 16.5. The van der Waals surface area contributed by atoms with Gasteiger partial charge in [-0.15, -0.1) is 0 Å². The summed E-state index contributed by atoms with van der Waals surface area (Å²) in [5, 5.41) is 3.18. The quantitative estimate of drug-likeness (QED) is 0.485. The zero-order valence-corrected chi connectivity index (χ0v) is 15.7. The maximum atomic E-state index is 6.06. The number of hydrogen-bond acceptors (Lipinski definition) is 6. The fourth-order valence-electron chi connectivity index (χ4n) is 3.26. The first kappa shape index (κ1) is 17.5. The molecule has 144 valence electrons. The summed E-state index contributed by atoms with van der Waals surface area (Å²) in [6.45, 7) is 1.34. The lowest BCUT2D eigenvalue weighted by Crippen LogP contribution is -2.05. The van der Waals surface area contributed by atoms with Gasteiger partial charge >= 0.3 is 0 Å². The summed E-state index contributed by atoms with van der Waals surface area (Å²) in [4.78, 5) is 8.85. The number of rotatable bonds is 5. The maximum absolute atomic E-state index is 6.06. The van der Waals surface area contributed by atoms with Gasteiger partial charge in [0.25, 0.3) is 6.01 Å². The predicted molar refractivity (Wildman–Crippen MR) is 111 cm³/mol. The molecule has 0 saturated heterocycles. The van der Waals surface area contributed by atoms with Gasteiger partial charge in [0.05, 0.1) is 13.2 Å². The molecule has 5 rings (SSSR count). The second-order valence-electron chi connectivity index (χ2n) is 6.65. The van der Waals surface area contributed by atoms with Crippen molar-refractivity contribution in [3.05, 3.63) is 78.5 Å². The van der Waals surface area contributed by atoms with Crippen LogP contribution in [-0.4, -0.2) is 23.2 Å². The van der Waals surface area contributed by atoms with Crippen LogP contribution in [0.25, 0.3) is 16.7 Å². The molecule has 1 N–H and O–H groups in total. The van der Waals surface area contributed by atoms with Crippen LogP contribution < -0.4 is 10.1 Å². The third kappa shape index (κ3) is 3.83. The molecule has 0 aliphatic carbocycles. The monoisotopic (exact) mass is 385 g/mol. The van der Waals surface area contributed by atoms with Crippen LogP contribution in [-0.2, 0) is 4.74 Å². The van der Waals surface area contributed by atoms with Crippen LogP contribution in [0.4, 0.5) is 11.7 Å². The van der Waals surface area contributed by atoms with E-state index in [0.29, 0.717) is 24.3 Å². The van der Waals surface area contributed by atoms with E-state index in [1.54, 1.807) is 6.20 Å². The average molecular weight is 385 g/mol. The highest BCUT2D eigenvalue weighted by molar-refractivity contribution is 5.75. The Balaban J connectivity index is 1.33. The number of nitrogens with zero attached hydrogens (tertiary/aromatic N) is 2. The molecule has 3 heterocycles. The number of benzene rings is 2. The molecule has 2 aromatic carbocycles. The zero-order valence-electron chi connectivity index (χ0n) is 15.7. The number of hydrogen-bond donors (Lipinski definition) is 1. The van der Waals surface area contributed by atoms with E-state index in [1.165, 1.54) is 5.57 Å². The Hall–Kier alpha value is -3.64. The van der Waals surface area contributed by atoms with E-state index >= 15 is 0 Å². The van der Waals surface area contributed by atoms with Crippen molar-refractivity contribution in [3.63, 3.8) is 0 Å². The minimum absolute atomic E-state index is 0.457. The molecule has 2 aromatic heterocycles. The van der Waals surface area contributed by atoms with E-state index in [9.17, 15) is 0 Å². The molecule has 0 fully saturated rings. The first-order chi connectivity index (χ1) is 14.3. The molecular weight excluding hydrogens is 366 g/mol. The van der Waals surface area contributed by atoms with Crippen LogP contribution in [0.3, 0.4) is 0 Å². The summed E-state index contributed by atoms with van der Waals surface area (Å²) in [5.74, 6) is 1.31. The lowest BCUT2D eigenvalue weighted by molar-refractivity contribution is 0.161. The lowest BCUT2D eigenvalue weighted by Gasteiger charge is -2.16. The van der Waals surface area contributed by atoms with Gasteiger partial charge in [-0.1, -0.05) is 18.2 Å². The summed E-state index contributed by atoms with van der Waals surface area (Å²) < 4.78 is 17.2. The van der Waals surface area contributed by atoms with Crippen LogP contribution in [0.1, 0.15) is 12.0 Å². The van der Waals surface area contributed by atoms with Crippen molar-refractivity contribution in [2.24, 2.45) is 0 Å². The largest absolute Gasteiger partial charge is 0.438 e. The molecule has 29 heavy (non-hydrogen) atoms. The third-order valence-electron chi connectivity index (χ3n) is 4.69. The fraction of sp³-hybridized carbons (Fsp3) is 0.130. The van der Waals surface area contributed by atoms with Gasteiger partial charge in [0, 0.05) is 17.4 Å². The molecule has 6 heteroatoms. The normalized spacial score (nSPS) is 13.9. The van der Waals surface area contributed by atoms with Gasteiger partial charge in [-0.2, -0.15) is 4.98 Å². The van der Waals surface area contributed by atoms with Gasteiger partial charge in [0.1, 0.15) is 11.3 Å². The molecule has 1 aliphatic heterocycles. The molecule has 0 amide bonds. The highest BCUT2D eigenvalue weighted by Crippen LogP contribution is 2.32. The fourth-order valence-corrected chi connectivity index (χ4v) is 3.26. The molecule has 0 bridgehead atoms. The van der Waals surface area contributed by atoms with Gasteiger partial charge in [0.2, 0.25) is 5.88 Å². The summed E-state index contributed by atoms with van der Waals surface area (Å²) in [6, 6.07) is 19.7. The number of oxazole rings is 1. The topological polar surface area (TPSA) is 69.4 Å². The van der Waals surface area contributed by atoms with Crippen molar-refractivity contribution >= 4 is 28.4 Å². The predicted octanol–water partition coefficient (Wildman–Crippen LogP) is 5.56.